The zero-order chi connectivity index (χ0) is 28.8. The van der Waals surface area contributed by atoms with Crippen LogP contribution in [-0.4, -0.2) is 59.5 Å². The number of amides is 2. The summed E-state index contributed by atoms with van der Waals surface area (Å²) in [6.45, 7) is 6.31. The molecule has 6 heteroatoms. The Bertz CT molecular complexity index is 1390. The lowest BCUT2D eigenvalue weighted by atomic mass is 9.90. The Hall–Kier alpha value is -4.16. The van der Waals surface area contributed by atoms with Crippen molar-refractivity contribution in [2.24, 2.45) is 0 Å². The van der Waals surface area contributed by atoms with Gasteiger partial charge in [-0.2, -0.15) is 0 Å². The molecule has 1 unspecified atom stereocenters. The number of nitrogens with zero attached hydrogens (tertiary/aromatic N) is 3. The molecule has 0 aliphatic carbocycles. The van der Waals surface area contributed by atoms with Crippen molar-refractivity contribution in [2.75, 3.05) is 33.4 Å². The number of rotatable bonds is 10. The lowest BCUT2D eigenvalue weighted by Gasteiger charge is -2.39. The number of carbonyl (C=O) groups is 2. The number of hydrogen-bond donors (Lipinski definition) is 0. The zero-order valence-corrected chi connectivity index (χ0v) is 24.1. The van der Waals surface area contributed by atoms with Crippen LogP contribution in [0, 0.1) is 0 Å². The highest BCUT2D eigenvalue weighted by Crippen LogP contribution is 2.34. The van der Waals surface area contributed by atoms with Crippen LogP contribution in [0.3, 0.4) is 0 Å². The van der Waals surface area contributed by atoms with E-state index in [0.717, 1.165) is 28.9 Å². The third-order valence-electron chi connectivity index (χ3n) is 7.99. The van der Waals surface area contributed by atoms with Crippen molar-refractivity contribution in [1.29, 1.82) is 0 Å². The van der Waals surface area contributed by atoms with Gasteiger partial charge in [-0.15, -0.1) is 0 Å². The number of ether oxygens (including phenoxy) is 1. The molecule has 0 saturated carbocycles. The molecular formula is C35H39N3O3. The molecule has 2 heterocycles. The van der Waals surface area contributed by atoms with Crippen LogP contribution in [0.2, 0.25) is 0 Å². The smallest absolute Gasteiger partial charge is 0.243 e. The molecule has 212 valence electrons. The normalized spacial score (nSPS) is 14.8. The maximum Gasteiger partial charge on any atom is 0.243 e. The fourth-order valence-corrected chi connectivity index (χ4v) is 5.74. The monoisotopic (exact) mass is 549 g/mol. The van der Waals surface area contributed by atoms with Gasteiger partial charge in [0.2, 0.25) is 11.8 Å². The van der Waals surface area contributed by atoms with Crippen LogP contribution in [0.25, 0.3) is 0 Å². The van der Waals surface area contributed by atoms with Crippen molar-refractivity contribution in [3.05, 3.63) is 131 Å². The minimum atomic E-state index is -0.514. The molecule has 0 saturated heterocycles. The molecule has 5 rings (SSSR count). The van der Waals surface area contributed by atoms with E-state index in [1.165, 1.54) is 5.56 Å². The number of fused-ring (bicyclic) bond motifs is 1. The SMILES string of the molecule is COCCN(CC(=O)N1CCn2cccc2C1c1ccc(C(C)C)cc1)C(=O)C(c1ccccc1)c1ccccc1. The van der Waals surface area contributed by atoms with E-state index in [4.69, 9.17) is 4.74 Å². The Morgan fingerprint density at radius 1 is 0.829 bits per heavy atom. The second-order valence-electron chi connectivity index (χ2n) is 10.9. The van der Waals surface area contributed by atoms with E-state index in [1.807, 2.05) is 71.6 Å². The molecule has 3 aromatic carbocycles. The number of carbonyl (C=O) groups excluding carboxylic acids is 2. The average Bonchev–Trinajstić information content (AvgIpc) is 3.49. The van der Waals surface area contributed by atoms with Crippen molar-refractivity contribution in [2.45, 2.75) is 38.3 Å². The third-order valence-corrected chi connectivity index (χ3v) is 7.99. The average molecular weight is 550 g/mol. The standard InChI is InChI=1S/C35H39N3O3/c1-26(2)27-16-18-30(19-17-27)34-31-15-10-20-36(31)21-22-38(34)32(39)25-37(23-24-41-3)35(40)33(28-11-6-4-7-12-28)29-13-8-5-9-14-29/h4-20,26,33-34H,21-25H2,1-3H3. The van der Waals surface area contributed by atoms with Crippen molar-refractivity contribution < 1.29 is 14.3 Å². The highest BCUT2D eigenvalue weighted by molar-refractivity contribution is 5.91. The van der Waals surface area contributed by atoms with E-state index in [1.54, 1.807) is 12.0 Å². The van der Waals surface area contributed by atoms with Gasteiger partial charge in [-0.1, -0.05) is 98.8 Å². The highest BCUT2D eigenvalue weighted by atomic mass is 16.5. The summed E-state index contributed by atoms with van der Waals surface area (Å²) in [5, 5.41) is 0. The van der Waals surface area contributed by atoms with E-state index in [9.17, 15) is 9.59 Å². The maximum atomic E-state index is 14.3. The molecule has 4 aromatic rings. The summed E-state index contributed by atoms with van der Waals surface area (Å²) < 4.78 is 7.60. The van der Waals surface area contributed by atoms with Crippen LogP contribution in [-0.2, 0) is 20.9 Å². The summed E-state index contributed by atoms with van der Waals surface area (Å²) in [7, 11) is 1.62. The van der Waals surface area contributed by atoms with Gasteiger partial charge in [0.15, 0.2) is 0 Å². The molecule has 1 atom stereocenters. The van der Waals surface area contributed by atoms with Gasteiger partial charge in [0.05, 0.1) is 25.1 Å². The van der Waals surface area contributed by atoms with Gasteiger partial charge in [0, 0.05) is 38.6 Å². The van der Waals surface area contributed by atoms with Gasteiger partial charge in [-0.25, -0.2) is 0 Å². The van der Waals surface area contributed by atoms with Gasteiger partial charge in [-0.05, 0) is 40.3 Å². The minimum absolute atomic E-state index is 0.0142. The minimum Gasteiger partial charge on any atom is -0.383 e. The maximum absolute atomic E-state index is 14.3. The first kappa shape index (κ1) is 28.4. The predicted molar refractivity (Wildman–Crippen MR) is 162 cm³/mol. The Kier molecular flexibility index (Phi) is 9.00. The summed E-state index contributed by atoms with van der Waals surface area (Å²) in [6.07, 6.45) is 2.07. The van der Waals surface area contributed by atoms with Gasteiger partial charge < -0.3 is 19.1 Å². The molecule has 0 spiro atoms. The summed E-state index contributed by atoms with van der Waals surface area (Å²) in [4.78, 5) is 32.0. The Labute approximate surface area is 243 Å². The summed E-state index contributed by atoms with van der Waals surface area (Å²) in [6, 6.07) is 32.1. The molecule has 0 radical (unpaired) electrons. The largest absolute Gasteiger partial charge is 0.383 e. The van der Waals surface area contributed by atoms with E-state index >= 15 is 0 Å². The van der Waals surface area contributed by atoms with Gasteiger partial charge in [0.25, 0.3) is 0 Å². The van der Waals surface area contributed by atoms with Crippen molar-refractivity contribution in [3.8, 4) is 0 Å². The Morgan fingerprint density at radius 3 is 2.05 bits per heavy atom. The lowest BCUT2D eigenvalue weighted by Crippen LogP contribution is -2.49. The highest BCUT2D eigenvalue weighted by Gasteiger charge is 2.35. The molecule has 1 aliphatic heterocycles. The molecule has 1 aliphatic rings. The first-order chi connectivity index (χ1) is 20.0. The molecule has 1 aromatic heterocycles. The molecule has 41 heavy (non-hydrogen) atoms. The summed E-state index contributed by atoms with van der Waals surface area (Å²) in [5.74, 6) is -0.259. The zero-order valence-electron chi connectivity index (χ0n) is 24.1. The van der Waals surface area contributed by atoms with Gasteiger partial charge in [-0.3, -0.25) is 9.59 Å². The molecule has 0 fully saturated rings. The van der Waals surface area contributed by atoms with Crippen LogP contribution in [0.1, 0.15) is 59.7 Å². The molecule has 0 N–H and O–H groups in total. The topological polar surface area (TPSA) is 54.8 Å². The van der Waals surface area contributed by atoms with Gasteiger partial charge >= 0.3 is 0 Å². The number of hydrogen-bond acceptors (Lipinski definition) is 3. The first-order valence-corrected chi connectivity index (χ1v) is 14.4. The second kappa shape index (κ2) is 13.0. The summed E-state index contributed by atoms with van der Waals surface area (Å²) in [5.41, 5.74) is 5.23. The molecule has 0 bridgehead atoms. The van der Waals surface area contributed by atoms with E-state index in [2.05, 4.69) is 54.9 Å². The number of methoxy groups -OCH3 is 1. The summed E-state index contributed by atoms with van der Waals surface area (Å²) >= 11 is 0. The first-order valence-electron chi connectivity index (χ1n) is 14.4. The molecule has 2 amide bonds. The molecular weight excluding hydrogens is 510 g/mol. The van der Waals surface area contributed by atoms with Crippen LogP contribution < -0.4 is 0 Å². The van der Waals surface area contributed by atoms with Crippen molar-refractivity contribution in [1.82, 2.24) is 14.4 Å². The van der Waals surface area contributed by atoms with Crippen LogP contribution >= 0.6 is 0 Å². The van der Waals surface area contributed by atoms with Crippen molar-refractivity contribution in [3.63, 3.8) is 0 Å². The molecule has 6 nitrogen and oxygen atoms in total. The van der Waals surface area contributed by atoms with Crippen LogP contribution in [0.5, 0.6) is 0 Å². The fourth-order valence-electron chi connectivity index (χ4n) is 5.74. The second-order valence-corrected chi connectivity index (χ2v) is 10.9. The predicted octanol–water partition coefficient (Wildman–Crippen LogP) is 5.85. The van der Waals surface area contributed by atoms with Gasteiger partial charge in [0.1, 0.15) is 0 Å². The number of aromatic nitrogens is 1. The fraction of sp³-hybridized carbons (Fsp3) is 0.314. The van der Waals surface area contributed by atoms with Crippen LogP contribution in [0.15, 0.2) is 103 Å². The van der Waals surface area contributed by atoms with E-state index in [-0.39, 0.29) is 24.4 Å². The third kappa shape index (κ3) is 6.28. The quantitative estimate of drug-likeness (QED) is 0.249. The van der Waals surface area contributed by atoms with Crippen LogP contribution in [0.4, 0.5) is 0 Å². The number of benzene rings is 3. The lowest BCUT2D eigenvalue weighted by molar-refractivity contribution is -0.143. The Morgan fingerprint density at radius 2 is 1.46 bits per heavy atom. The Balaban J connectivity index is 1.45. The van der Waals surface area contributed by atoms with E-state index in [0.29, 0.717) is 25.6 Å². The van der Waals surface area contributed by atoms with Crippen molar-refractivity contribution >= 4 is 11.8 Å². The van der Waals surface area contributed by atoms with E-state index < -0.39 is 5.92 Å².